The Hall–Kier alpha value is -11.6. The van der Waals surface area contributed by atoms with Gasteiger partial charge in [0.1, 0.15) is 50.4 Å². The molecule has 5 aliphatic rings. The van der Waals surface area contributed by atoms with Crippen LogP contribution in [0, 0.1) is 5.92 Å². The van der Waals surface area contributed by atoms with Gasteiger partial charge in [-0.3, -0.25) is 18.7 Å². The van der Waals surface area contributed by atoms with Crippen molar-refractivity contribution >= 4 is 110 Å². The lowest BCUT2D eigenvalue weighted by molar-refractivity contribution is -0.126. The van der Waals surface area contributed by atoms with Gasteiger partial charge >= 0.3 is 5.97 Å². The number of amides is 2. The number of ether oxygens (including phenoxy) is 1. The first-order valence-electron chi connectivity index (χ1n) is 34.9. The van der Waals surface area contributed by atoms with Crippen LogP contribution in [-0.4, -0.2) is 143 Å². The lowest BCUT2D eigenvalue weighted by Crippen LogP contribution is -3.00. The van der Waals surface area contributed by atoms with Gasteiger partial charge in [0.15, 0.2) is 11.2 Å². The first kappa shape index (κ1) is 79.9. The van der Waals surface area contributed by atoms with Gasteiger partial charge in [0, 0.05) is 163 Å². The Morgan fingerprint density at radius 1 is 0.625 bits per heavy atom. The number of sulfonamides is 1. The average molecular weight is 1610 g/mol. The van der Waals surface area contributed by atoms with Crippen molar-refractivity contribution in [1.82, 2.24) is 43.6 Å². The van der Waals surface area contributed by atoms with Crippen LogP contribution in [0.3, 0.4) is 0 Å². The minimum atomic E-state index is -4.45. The molecule has 1 saturated heterocycles. The number of anilines is 4. The predicted octanol–water partition coefficient (Wildman–Crippen LogP) is 4.36. The van der Waals surface area contributed by atoms with Gasteiger partial charge in [-0.25, -0.2) is 22.8 Å². The Labute approximate surface area is 656 Å². The number of carboxylic acids is 1. The molecule has 3 aliphatic heterocycles. The van der Waals surface area contributed by atoms with Crippen molar-refractivity contribution in [3.05, 3.63) is 227 Å². The molecule has 0 unspecified atom stereocenters. The molecule has 578 valence electrons. The fraction of sp³-hybridized carbons (Fsp3) is 0.200. The van der Waals surface area contributed by atoms with Crippen LogP contribution in [0.15, 0.2) is 218 Å². The van der Waals surface area contributed by atoms with Crippen molar-refractivity contribution < 1.29 is 92.2 Å². The van der Waals surface area contributed by atoms with E-state index in [0.717, 1.165) is 22.2 Å². The summed E-state index contributed by atoms with van der Waals surface area (Å²) in [7, 11) is -1.92. The highest BCUT2D eigenvalue weighted by Crippen LogP contribution is 2.46. The lowest BCUT2D eigenvalue weighted by Gasteiger charge is -2.31. The van der Waals surface area contributed by atoms with Crippen molar-refractivity contribution in [3.8, 4) is 50.8 Å². The van der Waals surface area contributed by atoms with Crippen LogP contribution in [0.2, 0.25) is 0 Å². The van der Waals surface area contributed by atoms with Gasteiger partial charge in [0.05, 0.1) is 38.7 Å². The number of rotatable bonds is 22. The zero-order valence-electron chi connectivity index (χ0n) is 61.2. The van der Waals surface area contributed by atoms with E-state index in [1.807, 2.05) is 123 Å². The number of fused-ring (bicyclic) bond motifs is 5. The molecule has 2 aliphatic carbocycles. The first-order valence-corrected chi connectivity index (χ1v) is 39.3. The number of imidazole rings is 1. The number of nitrogens with zero attached hydrogens (tertiary/aromatic N) is 9. The summed E-state index contributed by atoms with van der Waals surface area (Å²) in [5.74, 6) is -1.34. The molecule has 7 aromatic carbocycles. The number of carbonyl (C=O) groups excluding carboxylic acids is 2. The van der Waals surface area contributed by atoms with Gasteiger partial charge < -0.3 is 74.2 Å². The molecular formula is C80H76Cl2N12O15S3. The number of piperidine rings is 1. The minimum absolute atomic E-state index is 0. The summed E-state index contributed by atoms with van der Waals surface area (Å²) >= 11 is 0. The van der Waals surface area contributed by atoms with E-state index < -0.39 is 48.1 Å². The molecule has 2 amide bonds. The van der Waals surface area contributed by atoms with Crippen molar-refractivity contribution in [1.29, 1.82) is 0 Å². The SMILES string of the molecule is CN(C)c1ccc2c(-c3c(C(=O)O)cccc3C(=O)NCc3ccc(COc4nc(N)nc5c4ncn5CCCNC(=O)C4CCN(S(=O)(=O)c5ccccc5-c5c6ccc(=[N+](C)c7ccc(S(=O)(=O)O)cc7)cc-6oc6cc(N(C)c7ccc(S(=O)(=O)O)cc7)ccc56)CC4)cc3)c3ccc(=[N+](C)C)cc-3oc2c1.[Cl-].[Cl-]. The molecule has 27 nitrogen and oxygen atoms in total. The molecule has 0 bridgehead atoms. The maximum absolute atomic E-state index is 15.1. The Morgan fingerprint density at radius 3 is 1.85 bits per heavy atom. The highest BCUT2D eigenvalue weighted by Gasteiger charge is 2.36. The average Bonchev–Trinajstić information content (AvgIpc) is 0.805. The van der Waals surface area contributed by atoms with Gasteiger partial charge in [-0.2, -0.15) is 35.7 Å². The Bertz CT molecular complexity index is 6290. The summed E-state index contributed by atoms with van der Waals surface area (Å²) in [5.41, 5.74) is 15.2. The highest BCUT2D eigenvalue weighted by molar-refractivity contribution is 7.89. The van der Waals surface area contributed by atoms with Crippen LogP contribution < -0.4 is 75.6 Å². The number of carbonyl (C=O) groups is 3. The Morgan fingerprint density at radius 2 is 1.21 bits per heavy atom. The number of halogens is 2. The van der Waals surface area contributed by atoms with Crippen molar-refractivity contribution in [2.24, 2.45) is 5.92 Å². The van der Waals surface area contributed by atoms with Gasteiger partial charge in [-0.05, 0) is 121 Å². The molecule has 0 saturated carbocycles. The van der Waals surface area contributed by atoms with E-state index in [-0.39, 0.29) is 120 Å². The van der Waals surface area contributed by atoms with E-state index in [1.165, 1.54) is 34.6 Å². The topological polar surface area (TPSA) is 359 Å². The zero-order valence-corrected chi connectivity index (χ0v) is 65.2. The third-order valence-corrected chi connectivity index (χ3v) is 23.5. The molecule has 9 aromatic rings. The maximum atomic E-state index is 15.1. The van der Waals surface area contributed by atoms with Gasteiger partial charge in [-0.15, -0.1) is 0 Å². The number of hydrogen-bond acceptors (Lipinski definition) is 18. The van der Waals surface area contributed by atoms with E-state index in [9.17, 15) is 45.4 Å². The van der Waals surface area contributed by atoms with Crippen LogP contribution in [0.1, 0.15) is 51.1 Å². The molecule has 7 N–H and O–H groups in total. The standard InChI is InChI=1S/C80H74N12O15S3.2ClH/c1-87(2)53-23-31-61-66(41-53)106-67-42-54(88(3)4)24-32-62(67)72(61)73-64(12-9-13-65(73)79(95)96)77(94)83-45-48-15-17-49(18-16-48)46-105-78-74-75(85-80(81)86-78)91(47-84-74)38-10-37-82-76(93)50-35-39-92(40-36-50)108(97,98)70-14-8-7-11-63(70)71-59-33-25-55(89(5)51-19-27-57(28-20-51)109(99,100)101)43-68(59)107-69-44-56(26-34-60(69)71)90(6)52-21-29-58(30-22-52)110(102,103)104;;/h7-9,11-34,41-44,47,50H,10,35-40,45-46H2,1-6H3,(H5-2,81,82,83,85,86,93,94,95,96,99,100,101,102,103,104);2*1H. The van der Waals surface area contributed by atoms with E-state index in [1.54, 1.807) is 107 Å². The summed E-state index contributed by atoms with van der Waals surface area (Å²) in [6, 6.07) is 52.4. The molecule has 5 heterocycles. The number of nitrogens with one attached hydrogen (secondary N) is 2. The number of benzene rings is 9. The number of hydrogen-bond donors (Lipinski definition) is 6. The smallest absolute Gasteiger partial charge is 0.336 e. The maximum Gasteiger partial charge on any atom is 0.336 e. The highest BCUT2D eigenvalue weighted by atomic mass is 35.5. The molecule has 112 heavy (non-hydrogen) atoms. The number of nitrogen functional groups attached to an aromatic ring is 1. The van der Waals surface area contributed by atoms with Crippen LogP contribution >= 0.6 is 0 Å². The van der Waals surface area contributed by atoms with E-state index in [2.05, 4.69) is 25.6 Å². The summed E-state index contributed by atoms with van der Waals surface area (Å²) in [5, 5.41) is 19.4. The van der Waals surface area contributed by atoms with Crippen LogP contribution in [0.4, 0.5) is 28.7 Å². The van der Waals surface area contributed by atoms with E-state index >= 15 is 8.42 Å². The number of aromatic carboxylic acids is 1. The van der Waals surface area contributed by atoms with Crippen LogP contribution in [0.5, 0.6) is 5.88 Å². The Kier molecular flexibility index (Phi) is 23.1. The lowest BCUT2D eigenvalue weighted by atomic mass is 9.87. The van der Waals surface area contributed by atoms with Crippen molar-refractivity contribution in [3.63, 3.8) is 0 Å². The second-order valence-corrected chi connectivity index (χ2v) is 31.9. The molecule has 14 rings (SSSR count). The third-order valence-electron chi connectivity index (χ3n) is 19.8. The second-order valence-electron chi connectivity index (χ2n) is 27.2. The molecule has 2 aromatic heterocycles. The summed E-state index contributed by atoms with van der Waals surface area (Å²) in [4.78, 5) is 57.8. The van der Waals surface area contributed by atoms with Gasteiger partial charge in [0.2, 0.25) is 44.2 Å². The normalized spacial score (nSPS) is 13.2. The summed E-state index contributed by atoms with van der Waals surface area (Å²) in [6.45, 7) is 1.01. The van der Waals surface area contributed by atoms with E-state index in [0.29, 0.717) is 108 Å². The molecule has 32 heteroatoms. The number of aromatic nitrogens is 4. The third kappa shape index (κ3) is 16.3. The largest absolute Gasteiger partial charge is 1.00 e. The molecule has 0 spiro atoms. The molecule has 0 atom stereocenters. The second kappa shape index (κ2) is 32.4. The van der Waals surface area contributed by atoms with E-state index in [4.69, 9.17) is 19.3 Å². The number of aryl methyl sites for hydroxylation is 1. The number of nitrogens with two attached hydrogens (primary N) is 1. The molecule has 0 radical (unpaired) electrons. The minimum Gasteiger partial charge on any atom is -1.00 e. The molecular weight excluding hydrogens is 1540 g/mol. The fourth-order valence-electron chi connectivity index (χ4n) is 13.8. The first-order chi connectivity index (χ1) is 52.6. The predicted molar refractivity (Wildman–Crippen MR) is 417 cm³/mol. The quantitative estimate of drug-likeness (QED) is 0.0237. The zero-order chi connectivity index (χ0) is 77.7. The Balaban J connectivity index is 0.00000582. The monoisotopic (exact) mass is 1610 g/mol. The van der Waals surface area contributed by atoms with Crippen LogP contribution in [-0.2, 0) is 54.8 Å². The van der Waals surface area contributed by atoms with Gasteiger partial charge in [0.25, 0.3) is 26.1 Å². The summed E-state index contributed by atoms with van der Waals surface area (Å²) < 4.78 is 123. The van der Waals surface area contributed by atoms with Crippen LogP contribution in [0.25, 0.3) is 78.0 Å². The summed E-state index contributed by atoms with van der Waals surface area (Å²) in [6.07, 6.45) is 2.59. The molecule has 1 fully saturated rings. The van der Waals surface area contributed by atoms with Crippen molar-refractivity contribution in [2.45, 2.75) is 53.6 Å². The number of carboxylic acid groups (broad SMARTS) is 1. The van der Waals surface area contributed by atoms with Gasteiger partial charge in [-0.1, -0.05) is 48.5 Å². The fourth-order valence-corrected chi connectivity index (χ4v) is 16.4. The van der Waals surface area contributed by atoms with Crippen molar-refractivity contribution in [2.75, 3.05) is 77.5 Å².